The van der Waals surface area contributed by atoms with Crippen molar-refractivity contribution in [3.63, 3.8) is 0 Å². The van der Waals surface area contributed by atoms with Crippen molar-refractivity contribution in [2.24, 2.45) is 0 Å². The van der Waals surface area contributed by atoms with Crippen LogP contribution in [0.2, 0.25) is 0 Å². The summed E-state index contributed by atoms with van der Waals surface area (Å²) in [6, 6.07) is 15.8. The lowest BCUT2D eigenvalue weighted by molar-refractivity contribution is -0.127. The minimum Gasteiger partial charge on any atom is -0.481 e. The first kappa shape index (κ1) is 19.4. The van der Waals surface area contributed by atoms with Crippen LogP contribution in [0.3, 0.4) is 0 Å². The van der Waals surface area contributed by atoms with Crippen molar-refractivity contribution in [3.05, 3.63) is 70.6 Å². The monoisotopic (exact) mass is 397 g/mol. The predicted molar refractivity (Wildman–Crippen MR) is 111 cm³/mol. The van der Waals surface area contributed by atoms with Gasteiger partial charge in [0.2, 0.25) is 0 Å². The maximum atomic E-state index is 12.1. The molecule has 144 valence electrons. The zero-order valence-corrected chi connectivity index (χ0v) is 16.1. The van der Waals surface area contributed by atoms with Crippen molar-refractivity contribution >= 4 is 39.9 Å². The molecule has 1 heterocycles. The molecule has 1 amide bonds. The van der Waals surface area contributed by atoms with E-state index in [1.165, 1.54) is 6.07 Å². The van der Waals surface area contributed by atoms with Crippen LogP contribution in [0.25, 0.3) is 11.0 Å². The lowest BCUT2D eigenvalue weighted by Gasteiger charge is -2.16. The van der Waals surface area contributed by atoms with Gasteiger partial charge in [0.1, 0.15) is 11.3 Å². The maximum absolute atomic E-state index is 12.1. The van der Waals surface area contributed by atoms with Gasteiger partial charge in [0, 0.05) is 23.2 Å². The molecule has 0 fully saturated rings. The van der Waals surface area contributed by atoms with Gasteiger partial charge in [-0.3, -0.25) is 15.6 Å². The Morgan fingerprint density at radius 1 is 1.11 bits per heavy atom. The summed E-state index contributed by atoms with van der Waals surface area (Å²) in [6.45, 7) is 3.47. The van der Waals surface area contributed by atoms with Crippen LogP contribution in [0.4, 0.5) is 5.69 Å². The van der Waals surface area contributed by atoms with Gasteiger partial charge in [-0.25, -0.2) is 4.79 Å². The van der Waals surface area contributed by atoms with Crippen molar-refractivity contribution in [1.29, 1.82) is 0 Å². The Bertz CT molecular complexity index is 1070. The van der Waals surface area contributed by atoms with Gasteiger partial charge in [-0.1, -0.05) is 18.2 Å². The van der Waals surface area contributed by atoms with E-state index in [1.54, 1.807) is 31.2 Å². The third kappa shape index (κ3) is 4.86. The number of rotatable bonds is 4. The van der Waals surface area contributed by atoms with Crippen LogP contribution in [-0.4, -0.2) is 17.1 Å². The lowest BCUT2D eigenvalue weighted by Crippen LogP contribution is -2.48. The minimum atomic E-state index is -0.712. The van der Waals surface area contributed by atoms with Crippen LogP contribution in [-0.2, 0) is 4.79 Å². The van der Waals surface area contributed by atoms with Crippen molar-refractivity contribution in [2.75, 3.05) is 5.32 Å². The van der Waals surface area contributed by atoms with Gasteiger partial charge in [0.15, 0.2) is 11.2 Å². The number of benzene rings is 2. The summed E-state index contributed by atoms with van der Waals surface area (Å²) in [5.41, 5.74) is 6.58. The Kier molecular flexibility index (Phi) is 5.90. The molecule has 0 aliphatic carbocycles. The van der Waals surface area contributed by atoms with Gasteiger partial charge in [-0.15, -0.1) is 0 Å². The van der Waals surface area contributed by atoms with Crippen molar-refractivity contribution in [2.45, 2.75) is 20.0 Å². The first-order valence-electron chi connectivity index (χ1n) is 8.55. The molecule has 1 aromatic heterocycles. The van der Waals surface area contributed by atoms with E-state index in [0.29, 0.717) is 17.0 Å². The number of hydrazine groups is 1. The molecule has 0 radical (unpaired) electrons. The van der Waals surface area contributed by atoms with E-state index in [2.05, 4.69) is 16.2 Å². The number of carbonyl (C=O) groups excluding carboxylic acids is 1. The highest BCUT2D eigenvalue weighted by Crippen LogP contribution is 2.20. The fourth-order valence-electron chi connectivity index (χ4n) is 2.54. The highest BCUT2D eigenvalue weighted by molar-refractivity contribution is 7.80. The quantitative estimate of drug-likeness (QED) is 0.354. The number of anilines is 1. The number of hydrogen-bond donors (Lipinski definition) is 3. The topological polar surface area (TPSA) is 92.6 Å². The van der Waals surface area contributed by atoms with E-state index in [4.69, 9.17) is 21.4 Å². The standard InChI is InChI=1S/C20H19N3O4S/c1-12-10-18(24)27-17-11-14(8-9-16(12)17)21-20(28)23-22-19(25)13(2)26-15-6-4-3-5-7-15/h3-11,13H,1-2H3,(H,22,25)(H2,21,23,28)/t13-/m1/s1. The van der Waals surface area contributed by atoms with E-state index in [0.717, 1.165) is 10.9 Å². The van der Waals surface area contributed by atoms with Crippen LogP contribution in [0.5, 0.6) is 5.75 Å². The average molecular weight is 397 g/mol. The summed E-state index contributed by atoms with van der Waals surface area (Å²) in [4.78, 5) is 23.6. The molecule has 3 rings (SSSR count). The van der Waals surface area contributed by atoms with Gasteiger partial charge in [0.25, 0.3) is 5.91 Å². The van der Waals surface area contributed by atoms with E-state index >= 15 is 0 Å². The van der Waals surface area contributed by atoms with Crippen molar-refractivity contribution in [1.82, 2.24) is 10.9 Å². The number of hydrogen-bond acceptors (Lipinski definition) is 5. The molecule has 0 saturated heterocycles. The average Bonchev–Trinajstić information content (AvgIpc) is 2.66. The Labute approximate surface area is 166 Å². The zero-order chi connectivity index (χ0) is 20.1. The summed E-state index contributed by atoms with van der Waals surface area (Å²) in [7, 11) is 0. The Morgan fingerprint density at radius 3 is 2.61 bits per heavy atom. The van der Waals surface area contributed by atoms with Crippen LogP contribution in [0.15, 0.2) is 63.8 Å². The Morgan fingerprint density at radius 2 is 1.86 bits per heavy atom. The second-order valence-electron chi connectivity index (χ2n) is 6.10. The van der Waals surface area contributed by atoms with Gasteiger partial charge >= 0.3 is 5.63 Å². The number of nitrogens with one attached hydrogen (secondary N) is 3. The lowest BCUT2D eigenvalue weighted by atomic mass is 10.1. The largest absolute Gasteiger partial charge is 0.481 e. The Hall–Kier alpha value is -3.39. The molecular formula is C20H19N3O4S. The molecule has 0 bridgehead atoms. The number of carbonyl (C=O) groups is 1. The second-order valence-corrected chi connectivity index (χ2v) is 6.51. The molecule has 0 aliphatic heterocycles. The highest BCUT2D eigenvalue weighted by atomic mass is 32.1. The van der Waals surface area contributed by atoms with Crippen LogP contribution >= 0.6 is 12.2 Å². The van der Waals surface area contributed by atoms with Crippen molar-refractivity contribution < 1.29 is 13.9 Å². The van der Waals surface area contributed by atoms with E-state index in [-0.39, 0.29) is 11.0 Å². The normalized spacial score (nSPS) is 11.5. The third-order valence-electron chi connectivity index (χ3n) is 3.93. The molecule has 8 heteroatoms. The molecule has 28 heavy (non-hydrogen) atoms. The number of ether oxygens (including phenoxy) is 1. The summed E-state index contributed by atoms with van der Waals surface area (Å²) in [6.07, 6.45) is -0.712. The molecule has 1 atom stereocenters. The summed E-state index contributed by atoms with van der Waals surface area (Å²) in [5, 5.41) is 3.93. The number of aryl methyl sites for hydroxylation is 1. The first-order chi connectivity index (χ1) is 13.4. The molecule has 0 spiro atoms. The van der Waals surface area contributed by atoms with Gasteiger partial charge in [-0.05, 0) is 55.9 Å². The van der Waals surface area contributed by atoms with Gasteiger partial charge in [-0.2, -0.15) is 0 Å². The van der Waals surface area contributed by atoms with E-state index in [9.17, 15) is 9.59 Å². The van der Waals surface area contributed by atoms with E-state index in [1.807, 2.05) is 31.2 Å². The molecule has 0 saturated carbocycles. The molecule has 0 unspecified atom stereocenters. The van der Waals surface area contributed by atoms with Crippen molar-refractivity contribution in [3.8, 4) is 5.75 Å². The fourth-order valence-corrected chi connectivity index (χ4v) is 2.71. The Balaban J connectivity index is 1.56. The molecule has 3 N–H and O–H groups in total. The van der Waals surface area contributed by atoms with Gasteiger partial charge in [0.05, 0.1) is 0 Å². The van der Waals surface area contributed by atoms with Crippen LogP contribution < -0.4 is 26.5 Å². The molecule has 7 nitrogen and oxygen atoms in total. The zero-order valence-electron chi connectivity index (χ0n) is 15.3. The molecule has 2 aromatic carbocycles. The SMILES string of the molecule is Cc1cc(=O)oc2cc(NC(=S)NNC(=O)[C@@H](C)Oc3ccccc3)ccc12. The summed E-state index contributed by atoms with van der Waals surface area (Å²) < 4.78 is 10.7. The second kappa shape index (κ2) is 8.53. The van der Waals surface area contributed by atoms with E-state index < -0.39 is 11.7 Å². The smallest absolute Gasteiger partial charge is 0.336 e. The number of fused-ring (bicyclic) bond motifs is 1. The first-order valence-corrected chi connectivity index (χ1v) is 8.96. The van der Waals surface area contributed by atoms with Gasteiger partial charge < -0.3 is 14.5 Å². The number of amides is 1. The minimum absolute atomic E-state index is 0.176. The molecule has 3 aromatic rings. The molecular weight excluding hydrogens is 378 g/mol. The van der Waals surface area contributed by atoms with Crippen LogP contribution in [0.1, 0.15) is 12.5 Å². The fraction of sp³-hybridized carbons (Fsp3) is 0.150. The third-order valence-corrected chi connectivity index (χ3v) is 4.14. The predicted octanol–water partition coefficient (Wildman–Crippen LogP) is 2.89. The number of thiocarbonyl (C=S) groups is 1. The van der Waals surface area contributed by atoms with Crippen LogP contribution in [0, 0.1) is 6.92 Å². The summed E-state index contributed by atoms with van der Waals surface area (Å²) in [5.74, 6) is 0.215. The summed E-state index contributed by atoms with van der Waals surface area (Å²) >= 11 is 5.17. The molecule has 0 aliphatic rings. The number of para-hydroxylation sites is 1. The highest BCUT2D eigenvalue weighted by Gasteiger charge is 2.14. The maximum Gasteiger partial charge on any atom is 0.336 e.